The first-order chi connectivity index (χ1) is 12.5. The molecule has 1 aromatic carbocycles. The summed E-state index contributed by atoms with van der Waals surface area (Å²) < 4.78 is 0. The Labute approximate surface area is 151 Å². The van der Waals surface area contributed by atoms with Gasteiger partial charge in [-0.3, -0.25) is 4.79 Å². The first kappa shape index (κ1) is 17.9. The average molecular weight is 355 g/mol. The van der Waals surface area contributed by atoms with E-state index in [9.17, 15) is 9.90 Å². The maximum Gasteiger partial charge on any atom is 0.294 e. The maximum absolute atomic E-state index is 12.7. The van der Waals surface area contributed by atoms with Crippen molar-refractivity contribution in [2.24, 2.45) is 5.16 Å². The number of nitrogens with zero attached hydrogens (tertiary/aromatic N) is 5. The highest BCUT2D eigenvalue weighted by molar-refractivity contribution is 5.98. The van der Waals surface area contributed by atoms with E-state index < -0.39 is 0 Å². The van der Waals surface area contributed by atoms with Gasteiger partial charge in [0.25, 0.3) is 5.91 Å². The molecule has 26 heavy (non-hydrogen) atoms. The van der Waals surface area contributed by atoms with E-state index in [1.165, 1.54) is 12.0 Å². The summed E-state index contributed by atoms with van der Waals surface area (Å²) in [4.78, 5) is 23.1. The van der Waals surface area contributed by atoms with E-state index in [2.05, 4.69) is 20.3 Å². The molecule has 1 aliphatic heterocycles. The lowest BCUT2D eigenvalue weighted by atomic mass is 10.0. The molecule has 1 atom stereocenters. The minimum Gasteiger partial charge on any atom is -0.399 e. The van der Waals surface area contributed by atoms with Crippen molar-refractivity contribution in [2.45, 2.75) is 26.3 Å². The summed E-state index contributed by atoms with van der Waals surface area (Å²) in [6, 6.07) is 5.56. The van der Waals surface area contributed by atoms with Gasteiger partial charge in [-0.25, -0.2) is 4.98 Å². The van der Waals surface area contributed by atoms with Crippen LogP contribution in [0.5, 0.6) is 0 Å². The highest BCUT2D eigenvalue weighted by Crippen LogP contribution is 2.23. The number of aromatic nitrogens is 3. The molecular weight excluding hydrogens is 334 g/mol. The van der Waals surface area contributed by atoms with Gasteiger partial charge in [0.05, 0.1) is 31.1 Å². The molecule has 2 aromatic rings. The van der Waals surface area contributed by atoms with Crippen LogP contribution < -0.4 is 0 Å². The van der Waals surface area contributed by atoms with Crippen LogP contribution in [0.15, 0.2) is 29.6 Å². The van der Waals surface area contributed by atoms with Gasteiger partial charge in [0.1, 0.15) is 12.8 Å². The summed E-state index contributed by atoms with van der Waals surface area (Å²) in [5.41, 5.74) is 4.50. The Kier molecular flexibility index (Phi) is 5.22. The van der Waals surface area contributed by atoms with Crippen LogP contribution in [0.2, 0.25) is 0 Å². The second-order valence-electron chi connectivity index (χ2n) is 6.23. The van der Waals surface area contributed by atoms with Gasteiger partial charge in [-0.2, -0.15) is 0 Å². The molecule has 0 aliphatic carbocycles. The van der Waals surface area contributed by atoms with Crippen molar-refractivity contribution in [1.82, 2.24) is 20.1 Å². The van der Waals surface area contributed by atoms with Gasteiger partial charge in [-0.15, -0.1) is 10.2 Å². The molecule has 3 rings (SSSR count). The average Bonchev–Trinajstić information content (AvgIpc) is 3.07. The number of aliphatic hydroxyl groups is 1. The third-order valence-electron chi connectivity index (χ3n) is 4.59. The van der Waals surface area contributed by atoms with E-state index in [0.29, 0.717) is 17.8 Å². The molecule has 2 heterocycles. The summed E-state index contributed by atoms with van der Waals surface area (Å²) in [5.74, 6) is -0.387. The summed E-state index contributed by atoms with van der Waals surface area (Å²) >= 11 is 0. The molecule has 8 heteroatoms. The molecule has 0 saturated carbocycles. The van der Waals surface area contributed by atoms with Gasteiger partial charge in [-0.1, -0.05) is 23.4 Å². The molecule has 1 fully saturated rings. The predicted molar refractivity (Wildman–Crippen MR) is 95.7 cm³/mol. The quantitative estimate of drug-likeness (QED) is 0.831. The zero-order valence-electron chi connectivity index (χ0n) is 15.0. The fourth-order valence-corrected chi connectivity index (χ4v) is 3.02. The molecule has 1 aliphatic rings. The van der Waals surface area contributed by atoms with Crippen molar-refractivity contribution in [2.75, 3.05) is 20.3 Å². The number of benzene rings is 1. The van der Waals surface area contributed by atoms with Crippen LogP contribution >= 0.6 is 0 Å². The number of hydrogen-bond donors (Lipinski definition) is 1. The molecule has 136 valence electrons. The summed E-state index contributed by atoms with van der Waals surface area (Å²) in [6.45, 7) is 4.15. The number of carbonyl (C=O) groups excluding carboxylic acids is 1. The second kappa shape index (κ2) is 7.57. The van der Waals surface area contributed by atoms with Crippen LogP contribution in [0, 0.1) is 13.8 Å². The Morgan fingerprint density at radius 2 is 2.19 bits per heavy atom. The largest absolute Gasteiger partial charge is 0.399 e. The van der Waals surface area contributed by atoms with Crippen LogP contribution in [0.25, 0.3) is 11.3 Å². The zero-order valence-corrected chi connectivity index (χ0v) is 15.0. The predicted octanol–water partition coefficient (Wildman–Crippen LogP) is 1.36. The molecule has 0 spiro atoms. The van der Waals surface area contributed by atoms with Gasteiger partial charge in [0, 0.05) is 12.0 Å². The van der Waals surface area contributed by atoms with Crippen molar-refractivity contribution < 1.29 is 14.7 Å². The number of likely N-dealkylation sites (tertiary alicyclic amines) is 1. The standard InChI is InChI=1S/C18H21N5O3/c1-11-5-4-6-15(12(11)2)16-8-19-17(21-20-16)18(25)23-9-13(22-26-3)7-14(23)10-24/h4-6,8,14,24H,7,9-10H2,1-3H3. The number of rotatable bonds is 4. The van der Waals surface area contributed by atoms with Gasteiger partial charge in [0.2, 0.25) is 5.82 Å². The molecular formula is C18H21N5O3. The van der Waals surface area contributed by atoms with Gasteiger partial charge >= 0.3 is 0 Å². The molecule has 1 N–H and O–H groups in total. The second-order valence-corrected chi connectivity index (χ2v) is 6.23. The van der Waals surface area contributed by atoms with Gasteiger partial charge in [-0.05, 0) is 25.0 Å². The summed E-state index contributed by atoms with van der Waals surface area (Å²) in [5, 5.41) is 21.6. The van der Waals surface area contributed by atoms with Crippen molar-refractivity contribution in [1.29, 1.82) is 0 Å². The molecule has 1 aromatic heterocycles. The molecule has 1 saturated heterocycles. The summed E-state index contributed by atoms with van der Waals surface area (Å²) in [7, 11) is 1.45. The van der Waals surface area contributed by atoms with Crippen molar-refractivity contribution in [3.8, 4) is 11.3 Å². The van der Waals surface area contributed by atoms with Crippen LogP contribution in [-0.4, -0.2) is 63.1 Å². The SMILES string of the molecule is CON=C1CC(CO)N(C(=O)c2ncc(-c3cccc(C)c3C)nn2)C1. The Hall–Kier alpha value is -2.87. The highest BCUT2D eigenvalue weighted by Gasteiger charge is 2.34. The van der Waals surface area contributed by atoms with E-state index in [-0.39, 0.29) is 30.9 Å². The number of oxime groups is 1. The summed E-state index contributed by atoms with van der Waals surface area (Å²) in [6.07, 6.45) is 2.01. The molecule has 0 bridgehead atoms. The molecule has 1 unspecified atom stereocenters. The Balaban J connectivity index is 1.83. The van der Waals surface area contributed by atoms with Crippen LogP contribution in [0.1, 0.15) is 28.2 Å². The van der Waals surface area contributed by atoms with Gasteiger partial charge in [0.15, 0.2) is 0 Å². The lowest BCUT2D eigenvalue weighted by Gasteiger charge is -2.20. The van der Waals surface area contributed by atoms with Gasteiger partial charge < -0.3 is 14.8 Å². The molecule has 8 nitrogen and oxygen atoms in total. The Bertz CT molecular complexity index is 835. The van der Waals surface area contributed by atoms with E-state index >= 15 is 0 Å². The normalized spacial score (nSPS) is 18.4. The third-order valence-corrected chi connectivity index (χ3v) is 4.59. The monoisotopic (exact) mass is 355 g/mol. The topological polar surface area (TPSA) is 101 Å². The van der Waals surface area contributed by atoms with E-state index in [1.807, 2.05) is 32.0 Å². The lowest BCUT2D eigenvalue weighted by molar-refractivity contribution is 0.0666. The fraction of sp³-hybridized carbons (Fsp3) is 0.389. The smallest absolute Gasteiger partial charge is 0.294 e. The minimum absolute atomic E-state index is 0.00354. The number of aryl methyl sites for hydroxylation is 1. The third kappa shape index (κ3) is 3.41. The Morgan fingerprint density at radius 1 is 1.38 bits per heavy atom. The van der Waals surface area contributed by atoms with E-state index in [0.717, 1.165) is 16.7 Å². The van der Waals surface area contributed by atoms with Crippen LogP contribution in [0.4, 0.5) is 0 Å². The highest BCUT2D eigenvalue weighted by atomic mass is 16.6. The zero-order chi connectivity index (χ0) is 18.7. The fourth-order valence-electron chi connectivity index (χ4n) is 3.02. The molecule has 0 radical (unpaired) electrons. The number of amides is 1. The van der Waals surface area contributed by atoms with Crippen molar-refractivity contribution >= 4 is 11.6 Å². The van der Waals surface area contributed by atoms with Crippen LogP contribution in [0.3, 0.4) is 0 Å². The minimum atomic E-state index is -0.384. The van der Waals surface area contributed by atoms with Crippen molar-refractivity contribution in [3.63, 3.8) is 0 Å². The maximum atomic E-state index is 12.7. The van der Waals surface area contributed by atoms with E-state index in [1.54, 1.807) is 6.20 Å². The van der Waals surface area contributed by atoms with Crippen LogP contribution in [-0.2, 0) is 4.84 Å². The first-order valence-corrected chi connectivity index (χ1v) is 8.32. The molecule has 1 amide bonds. The van der Waals surface area contributed by atoms with E-state index in [4.69, 9.17) is 4.84 Å². The lowest BCUT2D eigenvalue weighted by Crippen LogP contribution is -2.38. The number of aliphatic hydroxyl groups excluding tert-OH is 1. The number of hydrogen-bond acceptors (Lipinski definition) is 7. The number of carbonyl (C=O) groups is 1. The Morgan fingerprint density at radius 3 is 2.85 bits per heavy atom. The van der Waals surface area contributed by atoms with Crippen molar-refractivity contribution in [3.05, 3.63) is 41.3 Å². The first-order valence-electron chi connectivity index (χ1n) is 8.32.